The first-order chi connectivity index (χ1) is 10.2. The van der Waals surface area contributed by atoms with E-state index in [9.17, 15) is 8.78 Å². The molecule has 0 spiro atoms. The summed E-state index contributed by atoms with van der Waals surface area (Å²) >= 11 is 1.86. The lowest BCUT2D eigenvalue weighted by Gasteiger charge is -2.12. The second kappa shape index (κ2) is 10.7. The number of nitrogens with one attached hydrogen (secondary N) is 1. The van der Waals surface area contributed by atoms with E-state index < -0.39 is 6.61 Å². The zero-order valence-electron chi connectivity index (χ0n) is 12.5. The molecular weight excluding hydrogens is 296 g/mol. The molecule has 120 valence electrons. The molecule has 1 aromatic carbocycles. The average molecular weight is 319 g/mol. The number of methoxy groups -OCH3 is 1. The maximum absolute atomic E-state index is 12.3. The maximum Gasteiger partial charge on any atom is 0.387 e. The molecule has 0 aliphatic heterocycles. The van der Waals surface area contributed by atoms with Crippen LogP contribution in [0.4, 0.5) is 8.78 Å². The van der Waals surface area contributed by atoms with Gasteiger partial charge in [0.05, 0.1) is 7.11 Å². The largest absolute Gasteiger partial charge is 0.493 e. The highest BCUT2D eigenvalue weighted by Crippen LogP contribution is 2.29. The summed E-state index contributed by atoms with van der Waals surface area (Å²) in [7, 11) is 1.43. The van der Waals surface area contributed by atoms with Crippen LogP contribution in [0.3, 0.4) is 0 Å². The number of benzene rings is 1. The van der Waals surface area contributed by atoms with E-state index in [4.69, 9.17) is 4.74 Å². The summed E-state index contributed by atoms with van der Waals surface area (Å²) in [6.45, 7) is -1.30. The molecular formula is C15H23F2NO2S. The van der Waals surface area contributed by atoms with Crippen LogP contribution in [0.5, 0.6) is 11.5 Å². The molecule has 0 amide bonds. The third-order valence-electron chi connectivity index (χ3n) is 2.98. The van der Waals surface area contributed by atoms with Gasteiger partial charge in [0.1, 0.15) is 0 Å². The summed E-state index contributed by atoms with van der Waals surface area (Å²) in [4.78, 5) is 0. The number of alkyl halides is 2. The summed E-state index contributed by atoms with van der Waals surface area (Å²) in [6, 6.07) is 5.08. The lowest BCUT2D eigenvalue weighted by molar-refractivity contribution is -0.0512. The van der Waals surface area contributed by atoms with Gasteiger partial charge in [-0.3, -0.25) is 0 Å². The Hall–Kier alpha value is -1.01. The molecule has 0 radical (unpaired) electrons. The van der Waals surface area contributed by atoms with Gasteiger partial charge in [-0.15, -0.1) is 0 Å². The molecule has 0 fully saturated rings. The molecule has 0 heterocycles. The van der Waals surface area contributed by atoms with Crippen LogP contribution >= 0.6 is 11.8 Å². The molecule has 0 saturated heterocycles. The van der Waals surface area contributed by atoms with Crippen molar-refractivity contribution in [1.82, 2.24) is 5.32 Å². The molecule has 0 aliphatic rings. The van der Waals surface area contributed by atoms with Gasteiger partial charge in [-0.25, -0.2) is 0 Å². The second-order valence-electron chi connectivity index (χ2n) is 4.59. The number of thioether (sulfide) groups is 1. The summed E-state index contributed by atoms with van der Waals surface area (Å²) in [5, 5.41) is 3.31. The van der Waals surface area contributed by atoms with Gasteiger partial charge in [-0.1, -0.05) is 12.5 Å². The van der Waals surface area contributed by atoms with E-state index in [0.29, 0.717) is 12.3 Å². The van der Waals surface area contributed by atoms with E-state index in [0.717, 1.165) is 18.5 Å². The Balaban J connectivity index is 2.37. The fourth-order valence-electron chi connectivity index (χ4n) is 1.93. The number of hydrogen-bond donors (Lipinski definition) is 1. The summed E-state index contributed by atoms with van der Waals surface area (Å²) < 4.78 is 34.1. The number of unbranched alkanes of at least 4 members (excludes halogenated alkanes) is 2. The fraction of sp³-hybridized carbons (Fsp3) is 0.600. The van der Waals surface area contributed by atoms with Gasteiger partial charge in [0.25, 0.3) is 0 Å². The second-order valence-corrected chi connectivity index (χ2v) is 5.58. The van der Waals surface area contributed by atoms with Crippen LogP contribution in [-0.4, -0.2) is 32.3 Å². The topological polar surface area (TPSA) is 30.5 Å². The summed E-state index contributed by atoms with van der Waals surface area (Å²) in [5.41, 5.74) is 0.899. The molecule has 6 heteroatoms. The minimum atomic E-state index is -2.85. The average Bonchev–Trinajstić information content (AvgIpc) is 2.46. The van der Waals surface area contributed by atoms with Crippen molar-refractivity contribution in [3.63, 3.8) is 0 Å². The van der Waals surface area contributed by atoms with E-state index in [2.05, 4.69) is 16.3 Å². The van der Waals surface area contributed by atoms with Crippen LogP contribution in [-0.2, 0) is 6.54 Å². The molecule has 0 saturated carbocycles. The lowest BCUT2D eigenvalue weighted by atomic mass is 10.2. The Kier molecular flexibility index (Phi) is 9.17. The fourth-order valence-corrected chi connectivity index (χ4v) is 2.42. The van der Waals surface area contributed by atoms with Crippen LogP contribution < -0.4 is 14.8 Å². The van der Waals surface area contributed by atoms with Crippen LogP contribution in [0.25, 0.3) is 0 Å². The first-order valence-electron chi connectivity index (χ1n) is 6.98. The van der Waals surface area contributed by atoms with Crippen molar-refractivity contribution >= 4 is 11.8 Å². The van der Waals surface area contributed by atoms with Crippen molar-refractivity contribution in [2.24, 2.45) is 0 Å². The zero-order valence-corrected chi connectivity index (χ0v) is 13.3. The van der Waals surface area contributed by atoms with Gasteiger partial charge in [0, 0.05) is 6.54 Å². The predicted octanol–water partition coefficient (Wildman–Crippen LogP) is 3.92. The first-order valence-corrected chi connectivity index (χ1v) is 8.38. The van der Waals surface area contributed by atoms with Crippen LogP contribution in [0.1, 0.15) is 24.8 Å². The van der Waals surface area contributed by atoms with E-state index in [1.165, 1.54) is 25.7 Å². The van der Waals surface area contributed by atoms with E-state index >= 15 is 0 Å². The Morgan fingerprint density at radius 1 is 1.19 bits per heavy atom. The standard InChI is InChI=1S/C15H23F2NO2S/c1-19-13-7-6-12(10-14(13)20-15(16)17)11-18-8-4-3-5-9-21-2/h6-7,10,15,18H,3-5,8-9,11H2,1-2H3. The third-order valence-corrected chi connectivity index (χ3v) is 3.67. The smallest absolute Gasteiger partial charge is 0.387 e. The minimum Gasteiger partial charge on any atom is -0.493 e. The third kappa shape index (κ3) is 7.52. The van der Waals surface area contributed by atoms with Crippen molar-refractivity contribution in [2.45, 2.75) is 32.4 Å². The highest BCUT2D eigenvalue weighted by atomic mass is 32.2. The number of halogens is 2. The number of ether oxygens (including phenoxy) is 2. The minimum absolute atomic E-state index is 0.0757. The molecule has 21 heavy (non-hydrogen) atoms. The Morgan fingerprint density at radius 3 is 2.67 bits per heavy atom. The van der Waals surface area contributed by atoms with E-state index in [-0.39, 0.29) is 5.75 Å². The molecule has 0 aliphatic carbocycles. The van der Waals surface area contributed by atoms with Gasteiger partial charge < -0.3 is 14.8 Å². The van der Waals surface area contributed by atoms with Crippen molar-refractivity contribution in [3.8, 4) is 11.5 Å². The number of hydrogen-bond acceptors (Lipinski definition) is 4. The van der Waals surface area contributed by atoms with E-state index in [1.54, 1.807) is 12.1 Å². The highest BCUT2D eigenvalue weighted by Gasteiger charge is 2.11. The quantitative estimate of drug-likeness (QED) is 0.626. The predicted molar refractivity (Wildman–Crippen MR) is 83.6 cm³/mol. The van der Waals surface area contributed by atoms with Gasteiger partial charge in [-0.2, -0.15) is 20.5 Å². The van der Waals surface area contributed by atoms with Gasteiger partial charge in [-0.05, 0) is 49.1 Å². The molecule has 1 aromatic rings. The van der Waals surface area contributed by atoms with Crippen molar-refractivity contribution in [2.75, 3.05) is 25.7 Å². The Bertz CT molecular complexity index is 405. The van der Waals surface area contributed by atoms with Crippen LogP contribution in [0, 0.1) is 0 Å². The van der Waals surface area contributed by atoms with Crippen LogP contribution in [0.15, 0.2) is 18.2 Å². The highest BCUT2D eigenvalue weighted by molar-refractivity contribution is 7.98. The van der Waals surface area contributed by atoms with Gasteiger partial charge in [0.15, 0.2) is 11.5 Å². The molecule has 0 unspecified atom stereocenters. The van der Waals surface area contributed by atoms with Crippen LogP contribution in [0.2, 0.25) is 0 Å². The molecule has 0 atom stereocenters. The van der Waals surface area contributed by atoms with Gasteiger partial charge >= 0.3 is 6.61 Å². The zero-order chi connectivity index (χ0) is 15.5. The molecule has 0 bridgehead atoms. The molecule has 0 aromatic heterocycles. The normalized spacial score (nSPS) is 10.9. The van der Waals surface area contributed by atoms with Gasteiger partial charge in [0.2, 0.25) is 0 Å². The monoisotopic (exact) mass is 319 g/mol. The molecule has 1 rings (SSSR count). The SMILES string of the molecule is COc1ccc(CNCCCCCSC)cc1OC(F)F. The molecule has 1 N–H and O–H groups in total. The van der Waals surface area contributed by atoms with Crippen molar-refractivity contribution in [3.05, 3.63) is 23.8 Å². The van der Waals surface area contributed by atoms with Crippen molar-refractivity contribution in [1.29, 1.82) is 0 Å². The summed E-state index contributed by atoms with van der Waals surface area (Å²) in [5.74, 6) is 1.59. The number of rotatable bonds is 11. The summed E-state index contributed by atoms with van der Waals surface area (Å²) in [6.07, 6.45) is 5.67. The lowest BCUT2D eigenvalue weighted by Crippen LogP contribution is -2.15. The molecule has 3 nitrogen and oxygen atoms in total. The van der Waals surface area contributed by atoms with E-state index in [1.807, 2.05) is 17.8 Å². The Morgan fingerprint density at radius 2 is 2.00 bits per heavy atom. The maximum atomic E-state index is 12.3. The first kappa shape index (κ1) is 18.0. The van der Waals surface area contributed by atoms with Crippen molar-refractivity contribution < 1.29 is 18.3 Å². The Labute approximate surface area is 129 Å².